The molecule has 1 aliphatic carbocycles. The summed E-state index contributed by atoms with van der Waals surface area (Å²) in [6.07, 6.45) is 5.94. The fourth-order valence-electron chi connectivity index (χ4n) is 4.85. The Morgan fingerprint density at radius 1 is 0.842 bits per heavy atom. The molecular formula is C31H34Cl2N2O2S. The quantitative estimate of drug-likeness (QED) is 0.263. The zero-order chi connectivity index (χ0) is 26.7. The molecule has 4 nitrogen and oxygen atoms in total. The van der Waals surface area contributed by atoms with E-state index in [1.54, 1.807) is 11.0 Å². The molecule has 0 aliphatic heterocycles. The maximum absolute atomic E-state index is 13.8. The van der Waals surface area contributed by atoms with Crippen LogP contribution in [0.2, 0.25) is 10.0 Å². The number of rotatable bonds is 11. The smallest absolute Gasteiger partial charge is 0.243 e. The van der Waals surface area contributed by atoms with E-state index in [-0.39, 0.29) is 23.6 Å². The Hall–Kier alpha value is -2.47. The summed E-state index contributed by atoms with van der Waals surface area (Å²) in [5.74, 6) is 0.757. The molecule has 1 aliphatic rings. The largest absolute Gasteiger partial charge is 0.352 e. The first-order chi connectivity index (χ1) is 18.5. The van der Waals surface area contributed by atoms with Crippen LogP contribution in [0.1, 0.15) is 48.8 Å². The molecule has 1 N–H and O–H groups in total. The van der Waals surface area contributed by atoms with E-state index >= 15 is 0 Å². The molecule has 7 heteroatoms. The minimum Gasteiger partial charge on any atom is -0.352 e. The van der Waals surface area contributed by atoms with Gasteiger partial charge in [0.1, 0.15) is 6.04 Å². The molecule has 0 unspecified atom stereocenters. The van der Waals surface area contributed by atoms with Crippen LogP contribution in [0.25, 0.3) is 0 Å². The van der Waals surface area contributed by atoms with Crippen LogP contribution in [0.5, 0.6) is 0 Å². The highest BCUT2D eigenvalue weighted by atomic mass is 35.5. The minimum atomic E-state index is -0.599. The third-order valence-electron chi connectivity index (χ3n) is 6.90. The third-order valence-corrected chi connectivity index (χ3v) is 8.62. The Kier molecular flexibility index (Phi) is 11.0. The molecule has 0 aromatic heterocycles. The second-order valence-electron chi connectivity index (χ2n) is 9.80. The number of benzene rings is 3. The van der Waals surface area contributed by atoms with Crippen molar-refractivity contribution >= 4 is 46.8 Å². The highest BCUT2D eigenvalue weighted by Crippen LogP contribution is 2.25. The van der Waals surface area contributed by atoms with Crippen LogP contribution in [0.3, 0.4) is 0 Å². The summed E-state index contributed by atoms with van der Waals surface area (Å²) in [6.45, 7) is 0.378. The zero-order valence-corrected chi connectivity index (χ0v) is 23.8. The first-order valence-corrected chi connectivity index (χ1v) is 15.1. The molecule has 200 valence electrons. The number of carbonyl (C=O) groups excluding carboxylic acids is 2. The van der Waals surface area contributed by atoms with E-state index in [1.165, 1.54) is 18.2 Å². The van der Waals surface area contributed by atoms with Gasteiger partial charge in [-0.1, -0.05) is 109 Å². The molecule has 0 radical (unpaired) electrons. The highest BCUT2D eigenvalue weighted by Gasteiger charge is 2.31. The summed E-state index contributed by atoms with van der Waals surface area (Å²) in [5.41, 5.74) is 3.03. The van der Waals surface area contributed by atoms with Gasteiger partial charge in [-0.3, -0.25) is 9.59 Å². The van der Waals surface area contributed by atoms with Gasteiger partial charge < -0.3 is 10.2 Å². The SMILES string of the molecule is O=C(NC1CCCCC1)[C@@H](Cc1ccccc1)N(Cc1ccccc1)C(=O)CSCc1ccc(Cl)c(Cl)c1. The average molecular weight is 570 g/mol. The van der Waals surface area contributed by atoms with Gasteiger partial charge in [0.2, 0.25) is 11.8 Å². The minimum absolute atomic E-state index is 0.0568. The van der Waals surface area contributed by atoms with E-state index < -0.39 is 6.04 Å². The van der Waals surface area contributed by atoms with Crippen LogP contribution in [0.15, 0.2) is 78.9 Å². The van der Waals surface area contributed by atoms with Crippen LogP contribution >= 0.6 is 35.0 Å². The molecule has 4 rings (SSSR count). The summed E-state index contributed by atoms with van der Waals surface area (Å²) < 4.78 is 0. The van der Waals surface area contributed by atoms with Crippen molar-refractivity contribution in [2.45, 2.75) is 62.9 Å². The topological polar surface area (TPSA) is 49.4 Å². The van der Waals surface area contributed by atoms with Crippen molar-refractivity contribution in [1.29, 1.82) is 0 Å². The summed E-state index contributed by atoms with van der Waals surface area (Å²) in [7, 11) is 0. The molecule has 0 bridgehead atoms. The summed E-state index contributed by atoms with van der Waals surface area (Å²) in [6, 6.07) is 24.9. The number of halogens is 2. The number of thioether (sulfide) groups is 1. The summed E-state index contributed by atoms with van der Waals surface area (Å²) in [5, 5.41) is 4.30. The van der Waals surface area contributed by atoms with Gasteiger partial charge in [0.25, 0.3) is 0 Å². The monoisotopic (exact) mass is 568 g/mol. The molecule has 1 fully saturated rings. The van der Waals surface area contributed by atoms with Gasteiger partial charge in [0.05, 0.1) is 15.8 Å². The number of nitrogens with zero attached hydrogens (tertiary/aromatic N) is 1. The Balaban J connectivity index is 1.54. The van der Waals surface area contributed by atoms with Crippen LogP contribution in [-0.2, 0) is 28.3 Å². The lowest BCUT2D eigenvalue weighted by Crippen LogP contribution is -2.53. The predicted octanol–water partition coefficient (Wildman–Crippen LogP) is 7.32. The van der Waals surface area contributed by atoms with Gasteiger partial charge >= 0.3 is 0 Å². The number of hydrogen-bond acceptors (Lipinski definition) is 3. The molecule has 0 heterocycles. The van der Waals surface area contributed by atoms with E-state index in [9.17, 15) is 9.59 Å². The summed E-state index contributed by atoms with van der Waals surface area (Å²) in [4.78, 5) is 29.3. The van der Waals surface area contributed by atoms with Gasteiger partial charge in [-0.15, -0.1) is 11.8 Å². The normalized spacial score (nSPS) is 14.6. The maximum atomic E-state index is 13.8. The number of nitrogens with one attached hydrogen (secondary N) is 1. The third kappa shape index (κ3) is 8.52. The standard InChI is InChI=1S/C31H34Cl2N2O2S/c32-27-17-16-25(18-28(27)33)21-38-22-30(36)35(20-24-12-6-2-7-13-24)29(19-23-10-4-1-5-11-23)31(37)34-26-14-8-3-9-15-26/h1-2,4-7,10-13,16-18,26,29H,3,8-9,14-15,19-22H2,(H,34,37)/t29-/m1/s1. The van der Waals surface area contributed by atoms with E-state index in [0.717, 1.165) is 42.4 Å². The number of amides is 2. The Bertz CT molecular complexity index is 1190. The Morgan fingerprint density at radius 2 is 1.50 bits per heavy atom. The first-order valence-electron chi connectivity index (χ1n) is 13.2. The van der Waals surface area contributed by atoms with Gasteiger partial charge in [-0.05, 0) is 41.7 Å². The van der Waals surface area contributed by atoms with Crippen LogP contribution in [-0.4, -0.2) is 34.6 Å². The van der Waals surface area contributed by atoms with Crippen LogP contribution in [0.4, 0.5) is 0 Å². The van der Waals surface area contributed by atoms with Crippen molar-refractivity contribution < 1.29 is 9.59 Å². The number of hydrogen-bond donors (Lipinski definition) is 1. The van der Waals surface area contributed by atoms with Gasteiger partial charge in [0, 0.05) is 24.8 Å². The summed E-state index contributed by atoms with van der Waals surface area (Å²) >= 11 is 13.7. The van der Waals surface area contributed by atoms with Crippen LogP contribution in [0, 0.1) is 0 Å². The van der Waals surface area contributed by atoms with Crippen molar-refractivity contribution in [3.63, 3.8) is 0 Å². The number of carbonyl (C=O) groups is 2. The maximum Gasteiger partial charge on any atom is 0.243 e. The molecule has 3 aromatic rings. The Morgan fingerprint density at radius 3 is 2.16 bits per heavy atom. The molecule has 0 saturated heterocycles. The lowest BCUT2D eigenvalue weighted by molar-refractivity contribution is -0.139. The van der Waals surface area contributed by atoms with Gasteiger partial charge in [0.15, 0.2) is 0 Å². The van der Waals surface area contributed by atoms with Crippen molar-refractivity contribution in [2.24, 2.45) is 0 Å². The first kappa shape index (κ1) is 28.5. The second kappa shape index (κ2) is 14.6. The fourth-order valence-corrected chi connectivity index (χ4v) is 6.03. The predicted molar refractivity (Wildman–Crippen MR) is 159 cm³/mol. The van der Waals surface area contributed by atoms with Crippen molar-refractivity contribution in [2.75, 3.05) is 5.75 Å². The average Bonchev–Trinajstić information content (AvgIpc) is 2.94. The van der Waals surface area contributed by atoms with E-state index in [1.807, 2.05) is 72.8 Å². The van der Waals surface area contributed by atoms with Crippen molar-refractivity contribution in [3.8, 4) is 0 Å². The lowest BCUT2D eigenvalue weighted by atomic mass is 9.94. The molecular weight excluding hydrogens is 535 g/mol. The molecule has 1 saturated carbocycles. The highest BCUT2D eigenvalue weighted by molar-refractivity contribution is 7.99. The van der Waals surface area contributed by atoms with Gasteiger partial charge in [-0.25, -0.2) is 0 Å². The lowest BCUT2D eigenvalue weighted by Gasteiger charge is -2.33. The zero-order valence-electron chi connectivity index (χ0n) is 21.5. The van der Waals surface area contributed by atoms with E-state index in [4.69, 9.17) is 23.2 Å². The fraction of sp³-hybridized carbons (Fsp3) is 0.355. The van der Waals surface area contributed by atoms with Crippen molar-refractivity contribution in [1.82, 2.24) is 10.2 Å². The second-order valence-corrected chi connectivity index (χ2v) is 11.6. The van der Waals surface area contributed by atoms with Crippen LogP contribution < -0.4 is 5.32 Å². The Labute approximate surface area is 240 Å². The molecule has 1 atom stereocenters. The van der Waals surface area contributed by atoms with Crippen molar-refractivity contribution in [3.05, 3.63) is 106 Å². The molecule has 3 aromatic carbocycles. The van der Waals surface area contributed by atoms with E-state index in [2.05, 4.69) is 5.32 Å². The molecule has 0 spiro atoms. The molecule has 38 heavy (non-hydrogen) atoms. The van der Waals surface area contributed by atoms with Gasteiger partial charge in [-0.2, -0.15) is 0 Å². The van der Waals surface area contributed by atoms with E-state index in [0.29, 0.717) is 28.8 Å². The molecule has 2 amide bonds.